The Balaban J connectivity index is -0.000000193. The molecule has 0 fully saturated rings. The Morgan fingerprint density at radius 2 is 0.765 bits per heavy atom. The average Bonchev–Trinajstić information content (AvgIpc) is 2.85. The minimum Gasteiger partial charge on any atom is -0.412 e. The zero-order valence-corrected chi connectivity index (χ0v) is 32.6. The van der Waals surface area contributed by atoms with Crippen LogP contribution in [0.1, 0.15) is 25.0 Å². The lowest BCUT2D eigenvalue weighted by atomic mass is 10.2. The van der Waals surface area contributed by atoms with Gasteiger partial charge in [0.15, 0.2) is 0 Å². The molecule has 0 atom stereocenters. The molecule has 22 nitrogen and oxygen atoms in total. The van der Waals surface area contributed by atoms with E-state index in [0.29, 0.717) is 26.2 Å². The van der Waals surface area contributed by atoms with Crippen molar-refractivity contribution in [2.24, 2.45) is 0 Å². The molecule has 304 valence electrons. The number of anilines is 2. The third-order valence-corrected chi connectivity index (χ3v) is 6.45. The molecule has 0 aliphatic rings. The van der Waals surface area contributed by atoms with E-state index in [9.17, 15) is 16.8 Å². The quantitative estimate of drug-likeness (QED) is 0.120. The van der Waals surface area contributed by atoms with Crippen molar-refractivity contribution in [1.29, 1.82) is 0 Å². The monoisotopic (exact) mass is 842 g/mol. The van der Waals surface area contributed by atoms with E-state index in [1.54, 1.807) is 0 Å². The average molecular weight is 843 g/mol. The van der Waals surface area contributed by atoms with Gasteiger partial charge in [0.05, 0.1) is 12.5 Å². The maximum atomic E-state index is 11.0. The van der Waals surface area contributed by atoms with Gasteiger partial charge in [-0.3, -0.25) is 27.3 Å². The van der Waals surface area contributed by atoms with Crippen LogP contribution < -0.4 is 19.2 Å². The van der Waals surface area contributed by atoms with Crippen LogP contribution in [0.3, 0.4) is 0 Å². The van der Waals surface area contributed by atoms with Gasteiger partial charge in [0, 0.05) is 50.6 Å². The van der Waals surface area contributed by atoms with E-state index in [4.69, 9.17) is 52.6 Å². The summed E-state index contributed by atoms with van der Waals surface area (Å²) in [4.78, 5) is 4.29. The molecule has 12 N–H and O–H groups in total. The van der Waals surface area contributed by atoms with Crippen molar-refractivity contribution >= 4 is 62.6 Å². The van der Waals surface area contributed by atoms with Gasteiger partial charge in [-0.2, -0.15) is 25.3 Å². The second-order valence-electron chi connectivity index (χ2n) is 9.51. The van der Waals surface area contributed by atoms with Crippen molar-refractivity contribution in [2.75, 3.05) is 61.6 Å². The topological polar surface area (TPSA) is 386 Å². The van der Waals surface area contributed by atoms with Crippen molar-refractivity contribution in [2.45, 2.75) is 27.7 Å². The van der Waals surface area contributed by atoms with Crippen molar-refractivity contribution in [3.8, 4) is 0 Å². The Labute approximate surface area is 300 Å². The number of rotatable bonds is 12. The lowest BCUT2D eigenvalue weighted by Gasteiger charge is -2.23. The molecule has 0 heterocycles. The first-order valence-electron chi connectivity index (χ1n) is 13.5. The molecular formula is C24H50N4O18S5. The van der Waals surface area contributed by atoms with Gasteiger partial charge in [-0.25, -0.2) is 26.3 Å². The minimum absolute atomic E-state index is 0. The van der Waals surface area contributed by atoms with Crippen LogP contribution in [0.15, 0.2) is 48.5 Å². The minimum atomic E-state index is -4.67. The third kappa shape index (κ3) is 51.9. The summed E-state index contributed by atoms with van der Waals surface area (Å²) in [5.74, 6) is 0. The van der Waals surface area contributed by atoms with Gasteiger partial charge in [0.2, 0.25) is 20.0 Å². The molecule has 0 amide bonds. The van der Waals surface area contributed by atoms with Gasteiger partial charge < -0.3 is 20.8 Å². The second-order valence-corrected chi connectivity index (χ2v) is 15.9. The van der Waals surface area contributed by atoms with E-state index in [2.05, 4.69) is 45.2 Å². The van der Waals surface area contributed by atoms with Crippen LogP contribution in [-0.4, -0.2) is 132 Å². The van der Waals surface area contributed by atoms with Gasteiger partial charge in [0.25, 0.3) is 0 Å². The molecule has 0 saturated carbocycles. The zero-order chi connectivity index (χ0) is 39.3. The Morgan fingerprint density at radius 3 is 0.941 bits per heavy atom. The number of hydrogen-bond donors (Lipinski definition) is 8. The first-order chi connectivity index (χ1) is 21.8. The van der Waals surface area contributed by atoms with E-state index in [0.717, 1.165) is 24.5 Å². The molecule has 0 aliphatic heterocycles. The SMILES string of the molecule is CCN(CCNS(C)(=O)=O)c1cccc(C)c1.CCN(CCNS(C)(=O)=O)c1cccc(C)c1.O.O.O=S(=O)(O)O.O=S(=O)(O)O.O=S(=O)(O)O. The summed E-state index contributed by atoms with van der Waals surface area (Å²) in [5, 5.41) is 0. The number of nitrogens with one attached hydrogen (secondary N) is 2. The lowest BCUT2D eigenvalue weighted by Crippen LogP contribution is -2.34. The van der Waals surface area contributed by atoms with Gasteiger partial charge >= 0.3 is 31.2 Å². The summed E-state index contributed by atoms with van der Waals surface area (Å²) in [6, 6.07) is 16.4. The number of aryl methyl sites for hydroxylation is 2. The standard InChI is InChI=1S/2C12H20N2O2S.3H2O4S.2H2O/c2*1-4-14(9-8-13-17(3,15)16)12-7-5-6-11(2)10-12;3*1-5(2,3)4;;/h2*5-7,10,13H,4,8-9H2,1-3H3;3*(H2,1,2,3,4);2*1H2. The van der Waals surface area contributed by atoms with Crippen LogP contribution in [-0.2, 0) is 51.2 Å². The van der Waals surface area contributed by atoms with Gasteiger partial charge in [-0.05, 0) is 63.1 Å². The molecule has 0 aromatic heterocycles. The second kappa shape index (κ2) is 27.1. The highest BCUT2D eigenvalue weighted by Crippen LogP contribution is 2.16. The van der Waals surface area contributed by atoms with E-state index in [-0.39, 0.29) is 11.0 Å². The number of hydrogen-bond acceptors (Lipinski definition) is 12. The Bertz CT molecular complexity index is 1610. The van der Waals surface area contributed by atoms with E-state index >= 15 is 0 Å². The fourth-order valence-electron chi connectivity index (χ4n) is 3.32. The van der Waals surface area contributed by atoms with Crippen LogP contribution in [0, 0.1) is 13.8 Å². The fraction of sp³-hybridized carbons (Fsp3) is 0.500. The number of sulfonamides is 2. The lowest BCUT2D eigenvalue weighted by molar-refractivity contribution is 0.378. The number of likely N-dealkylation sites (N-methyl/N-ethyl adjacent to an activating group) is 2. The summed E-state index contributed by atoms with van der Waals surface area (Å²) >= 11 is 0. The van der Waals surface area contributed by atoms with Crippen molar-refractivity contribution in [1.82, 2.24) is 9.44 Å². The largest absolute Gasteiger partial charge is 0.412 e. The molecule has 0 spiro atoms. The summed E-state index contributed by atoms with van der Waals surface area (Å²) < 4.78 is 144. The number of nitrogens with zero attached hydrogens (tertiary/aromatic N) is 2. The molecule has 0 unspecified atom stereocenters. The zero-order valence-electron chi connectivity index (χ0n) is 28.6. The summed E-state index contributed by atoms with van der Waals surface area (Å²) in [6.45, 7) is 12.1. The molecular weight excluding hydrogens is 793 g/mol. The molecule has 2 aromatic rings. The summed E-state index contributed by atoms with van der Waals surface area (Å²) in [5.41, 5.74) is 4.67. The smallest absolute Gasteiger partial charge is 0.394 e. The van der Waals surface area contributed by atoms with Crippen molar-refractivity contribution in [3.63, 3.8) is 0 Å². The highest BCUT2D eigenvalue weighted by molar-refractivity contribution is 7.89. The highest BCUT2D eigenvalue weighted by atomic mass is 32.3. The van der Waals surface area contributed by atoms with Crippen molar-refractivity contribution in [3.05, 3.63) is 59.7 Å². The molecule has 0 aliphatic carbocycles. The Hall–Kier alpha value is -2.61. The third-order valence-electron chi connectivity index (χ3n) is 4.99. The van der Waals surface area contributed by atoms with Crippen LogP contribution in [0.5, 0.6) is 0 Å². The predicted octanol–water partition coefficient (Wildman–Crippen LogP) is -0.867. The summed E-state index contributed by atoms with van der Waals surface area (Å²) in [7, 11) is -20.2. The fourth-order valence-corrected chi connectivity index (χ4v) is 4.25. The Kier molecular flexibility index (Phi) is 30.6. The maximum absolute atomic E-state index is 11.0. The summed E-state index contributed by atoms with van der Waals surface area (Å²) in [6.07, 6.45) is 2.35. The normalized spacial score (nSPS) is 11.1. The van der Waals surface area contributed by atoms with Crippen molar-refractivity contribution < 1.29 is 80.4 Å². The first-order valence-corrected chi connectivity index (χ1v) is 21.4. The number of benzene rings is 2. The van der Waals surface area contributed by atoms with Gasteiger partial charge in [0.1, 0.15) is 0 Å². The molecule has 2 rings (SSSR count). The van der Waals surface area contributed by atoms with Crippen LogP contribution >= 0.6 is 0 Å². The highest BCUT2D eigenvalue weighted by Gasteiger charge is 2.07. The first kappa shape index (κ1) is 57.7. The molecule has 0 radical (unpaired) electrons. The van der Waals surface area contributed by atoms with E-state index < -0.39 is 51.2 Å². The molecule has 2 aromatic carbocycles. The predicted molar refractivity (Wildman–Crippen MR) is 194 cm³/mol. The van der Waals surface area contributed by atoms with E-state index in [1.807, 2.05) is 50.2 Å². The van der Waals surface area contributed by atoms with Crippen LogP contribution in [0.2, 0.25) is 0 Å². The Morgan fingerprint density at radius 1 is 0.529 bits per heavy atom. The van der Waals surface area contributed by atoms with Crippen LogP contribution in [0.4, 0.5) is 11.4 Å². The molecule has 0 bridgehead atoms. The molecule has 0 saturated heterocycles. The maximum Gasteiger partial charge on any atom is 0.394 e. The van der Waals surface area contributed by atoms with Gasteiger partial charge in [-0.15, -0.1) is 0 Å². The van der Waals surface area contributed by atoms with Gasteiger partial charge in [-0.1, -0.05) is 24.3 Å². The van der Waals surface area contributed by atoms with Crippen LogP contribution in [0.25, 0.3) is 0 Å². The molecule has 27 heteroatoms. The molecule has 51 heavy (non-hydrogen) atoms. The van der Waals surface area contributed by atoms with E-state index in [1.165, 1.54) is 23.6 Å².